The fourth-order valence-corrected chi connectivity index (χ4v) is 4.85. The van der Waals surface area contributed by atoms with Gasteiger partial charge in [-0.1, -0.05) is 103 Å². The van der Waals surface area contributed by atoms with Gasteiger partial charge in [0.15, 0.2) is 13.2 Å². The van der Waals surface area contributed by atoms with E-state index in [9.17, 15) is 10.0 Å². The van der Waals surface area contributed by atoms with Crippen LogP contribution in [0.5, 0.6) is 0 Å². The van der Waals surface area contributed by atoms with E-state index in [0.29, 0.717) is 19.6 Å². The predicted molar refractivity (Wildman–Crippen MR) is 168 cm³/mol. The van der Waals surface area contributed by atoms with Gasteiger partial charge in [0.2, 0.25) is 24.8 Å². The highest BCUT2D eigenvalue weighted by atomic mass is 16.7. The summed E-state index contributed by atoms with van der Waals surface area (Å²) < 4.78 is 8.09. The summed E-state index contributed by atoms with van der Waals surface area (Å²) in [7, 11) is -2.23. The van der Waals surface area contributed by atoms with Crippen molar-refractivity contribution in [2.45, 2.75) is 32.1 Å². The average Bonchev–Trinajstić information content (AvgIpc) is 3.08. The van der Waals surface area contributed by atoms with Crippen molar-refractivity contribution in [1.82, 2.24) is 0 Å². The van der Waals surface area contributed by atoms with E-state index in [1.54, 1.807) is 9.46 Å². The second kappa shape index (κ2) is 19.6. The van der Waals surface area contributed by atoms with Crippen LogP contribution in [0.1, 0.15) is 43.4 Å². The fraction of sp³-hybridized carbons (Fsp3) is 0.222. The van der Waals surface area contributed by atoms with E-state index in [1.165, 1.54) is 16.7 Å². The Balaban J connectivity index is 0.000000238. The highest BCUT2D eigenvalue weighted by Gasteiger charge is 2.35. The van der Waals surface area contributed by atoms with Crippen molar-refractivity contribution in [2.75, 3.05) is 19.8 Å². The molecule has 228 valence electrons. The fourth-order valence-electron chi connectivity index (χ4n) is 4.85. The largest absolute Gasteiger partial charge is 0.871 e. The lowest BCUT2D eigenvalue weighted by atomic mass is 9.67. The molecule has 0 aliphatic rings. The first-order chi connectivity index (χ1) is 21.6. The molecule has 0 amide bonds. The zero-order valence-electron chi connectivity index (χ0n) is 25.5. The molecule has 0 fully saturated rings. The van der Waals surface area contributed by atoms with Gasteiger partial charge in [0.1, 0.15) is 0 Å². The van der Waals surface area contributed by atoms with E-state index in [0.717, 1.165) is 6.42 Å². The molecular formula is C36H41BN2O5. The van der Waals surface area contributed by atoms with E-state index in [1.807, 2.05) is 130 Å². The minimum absolute atomic E-state index is 0.159. The maximum atomic E-state index is 10.7. The Hall–Kier alpha value is -4.50. The van der Waals surface area contributed by atoms with Crippen LogP contribution in [-0.4, -0.2) is 27.1 Å². The molecule has 0 spiro atoms. The molecule has 44 heavy (non-hydrogen) atoms. The van der Waals surface area contributed by atoms with Gasteiger partial charge in [-0.25, -0.2) is 0 Å². The molecule has 0 radical (unpaired) electrons. The van der Waals surface area contributed by atoms with E-state index < -0.39 is 7.32 Å². The zero-order valence-corrected chi connectivity index (χ0v) is 25.5. The van der Waals surface area contributed by atoms with Gasteiger partial charge in [0.25, 0.3) is 0 Å². The standard InChI is InChI=1S/C22H21BO3.2C7H10NO/c24-23(25)26-18-10-17-22(19-11-4-1-5-12-19,20-13-6-2-7-14-20)21-15-8-3-9-16-21;2*1-2-9-8-6-4-3-5-7-8/h1-9,11-16H,10,17-18H2;2*3-7H,2H2,1H3/q-2;2*+1. The molecule has 0 bridgehead atoms. The van der Waals surface area contributed by atoms with Gasteiger partial charge in [0, 0.05) is 45.7 Å². The van der Waals surface area contributed by atoms with Crippen LogP contribution in [0.4, 0.5) is 0 Å². The second-order valence-electron chi connectivity index (χ2n) is 9.57. The summed E-state index contributed by atoms with van der Waals surface area (Å²) in [4.78, 5) is 10.2. The predicted octanol–water partition coefficient (Wildman–Crippen LogP) is 3.37. The van der Waals surface area contributed by atoms with Crippen LogP contribution in [-0.2, 0) is 10.1 Å². The Kier molecular flexibility index (Phi) is 15.2. The third-order valence-corrected chi connectivity index (χ3v) is 6.68. The van der Waals surface area contributed by atoms with Crippen molar-refractivity contribution in [3.8, 4) is 0 Å². The van der Waals surface area contributed by atoms with E-state index in [2.05, 4.69) is 36.4 Å². The Bertz CT molecular complexity index is 1260. The lowest BCUT2D eigenvalue weighted by Gasteiger charge is -2.37. The van der Waals surface area contributed by atoms with E-state index in [-0.39, 0.29) is 12.0 Å². The molecule has 5 rings (SSSR count). The molecule has 3 aromatic carbocycles. The van der Waals surface area contributed by atoms with Gasteiger partial charge in [-0.2, -0.15) is 0 Å². The third-order valence-electron chi connectivity index (χ3n) is 6.68. The number of nitrogens with zero attached hydrogens (tertiary/aromatic N) is 2. The molecule has 0 saturated heterocycles. The van der Waals surface area contributed by atoms with E-state index >= 15 is 0 Å². The van der Waals surface area contributed by atoms with Crippen LogP contribution < -0.4 is 29.2 Å². The monoisotopic (exact) mass is 592 g/mol. The van der Waals surface area contributed by atoms with Crippen LogP contribution in [0.25, 0.3) is 0 Å². The summed E-state index contributed by atoms with van der Waals surface area (Å²) in [6.07, 6.45) is 8.80. The number of benzene rings is 3. The highest BCUT2D eigenvalue weighted by molar-refractivity contribution is 6.28. The maximum Gasteiger partial charge on any atom is 0.222 e. The second-order valence-corrected chi connectivity index (χ2v) is 9.57. The Morgan fingerprint density at radius 3 is 1.20 bits per heavy atom. The quantitative estimate of drug-likeness (QED) is 0.0961. The lowest BCUT2D eigenvalue weighted by Crippen LogP contribution is -2.48. The molecule has 2 aromatic heterocycles. The van der Waals surface area contributed by atoms with Gasteiger partial charge in [-0.3, -0.25) is 9.68 Å². The van der Waals surface area contributed by atoms with Crippen LogP contribution in [0, 0.1) is 0 Å². The van der Waals surface area contributed by atoms with E-state index in [4.69, 9.17) is 14.3 Å². The van der Waals surface area contributed by atoms with Gasteiger partial charge in [-0.15, -0.1) is 0 Å². The van der Waals surface area contributed by atoms with Crippen molar-refractivity contribution in [2.24, 2.45) is 0 Å². The van der Waals surface area contributed by atoms with Gasteiger partial charge >= 0.3 is 0 Å². The van der Waals surface area contributed by atoms with Crippen molar-refractivity contribution in [1.29, 1.82) is 0 Å². The molecule has 8 heteroatoms. The summed E-state index contributed by atoms with van der Waals surface area (Å²) >= 11 is 0. The topological polar surface area (TPSA) is 81.6 Å². The van der Waals surface area contributed by atoms with Crippen LogP contribution in [0.3, 0.4) is 0 Å². The summed E-state index contributed by atoms with van der Waals surface area (Å²) in [6.45, 7) is 5.48. The van der Waals surface area contributed by atoms with Crippen LogP contribution in [0.2, 0.25) is 0 Å². The first-order valence-electron chi connectivity index (χ1n) is 14.9. The first-order valence-corrected chi connectivity index (χ1v) is 14.9. The van der Waals surface area contributed by atoms with Crippen LogP contribution >= 0.6 is 0 Å². The van der Waals surface area contributed by atoms with Gasteiger partial charge in [0.05, 0.1) is 7.32 Å². The Morgan fingerprint density at radius 2 is 0.886 bits per heavy atom. The molecule has 0 unspecified atom stereocenters. The minimum Gasteiger partial charge on any atom is -0.871 e. The lowest BCUT2D eigenvalue weighted by molar-refractivity contribution is -0.891. The smallest absolute Gasteiger partial charge is 0.222 e. The van der Waals surface area contributed by atoms with Crippen LogP contribution in [0.15, 0.2) is 152 Å². The number of aromatic nitrogens is 2. The molecule has 5 aromatic rings. The van der Waals surface area contributed by atoms with Gasteiger partial charge in [-0.05, 0) is 43.4 Å². The minimum atomic E-state index is -2.23. The van der Waals surface area contributed by atoms with Crippen molar-refractivity contribution in [3.05, 3.63) is 169 Å². The average molecular weight is 593 g/mol. The van der Waals surface area contributed by atoms with Gasteiger partial charge < -0.3 is 14.7 Å². The molecule has 0 N–H and O–H groups in total. The number of rotatable bonds is 12. The SMILES string of the molecule is CCO[n+]1ccccc1.CCO[n+]1ccccc1.[O-]B([O-])OCCCC(c1ccccc1)(c1ccccc1)c1ccccc1. The first kappa shape index (κ1) is 34.0. The zero-order chi connectivity index (χ0) is 31.3. The normalized spacial score (nSPS) is 10.4. The highest BCUT2D eigenvalue weighted by Crippen LogP contribution is 2.42. The Labute approximate surface area is 261 Å². The molecule has 0 aliphatic heterocycles. The summed E-state index contributed by atoms with van der Waals surface area (Å²) in [6, 6.07) is 42.6. The summed E-state index contributed by atoms with van der Waals surface area (Å²) in [5.41, 5.74) is 3.17. The number of hydrogen-bond donors (Lipinski definition) is 0. The number of pyridine rings is 2. The molecular weight excluding hydrogens is 551 g/mol. The Morgan fingerprint density at radius 1 is 0.545 bits per heavy atom. The molecule has 2 heterocycles. The number of hydrogen-bond acceptors (Lipinski definition) is 5. The molecule has 0 aliphatic carbocycles. The molecule has 7 nitrogen and oxygen atoms in total. The van der Waals surface area contributed by atoms with Crippen molar-refractivity contribution in [3.63, 3.8) is 0 Å². The van der Waals surface area contributed by atoms with Crippen molar-refractivity contribution < 1.29 is 33.8 Å². The summed E-state index contributed by atoms with van der Waals surface area (Å²) in [5, 5.41) is 21.4. The third kappa shape index (κ3) is 11.0. The summed E-state index contributed by atoms with van der Waals surface area (Å²) in [5.74, 6) is 0. The maximum absolute atomic E-state index is 10.7. The molecule has 0 atom stereocenters. The molecule has 0 saturated carbocycles. The van der Waals surface area contributed by atoms with Crippen molar-refractivity contribution >= 4 is 7.32 Å².